The van der Waals surface area contributed by atoms with Crippen molar-refractivity contribution in [3.63, 3.8) is 0 Å². The molecule has 0 spiro atoms. The van der Waals surface area contributed by atoms with Gasteiger partial charge in [0.05, 0.1) is 12.6 Å². The van der Waals surface area contributed by atoms with E-state index >= 15 is 0 Å². The predicted molar refractivity (Wildman–Crippen MR) is 72.2 cm³/mol. The molecule has 0 aliphatic carbocycles. The lowest BCUT2D eigenvalue weighted by Crippen LogP contribution is -2.22. The van der Waals surface area contributed by atoms with Gasteiger partial charge in [-0.3, -0.25) is 0 Å². The zero-order chi connectivity index (χ0) is 12.7. The van der Waals surface area contributed by atoms with E-state index in [-0.39, 0.29) is 6.10 Å². The third-order valence-electron chi connectivity index (χ3n) is 2.04. The second-order valence-electron chi connectivity index (χ2n) is 4.53. The van der Waals surface area contributed by atoms with Gasteiger partial charge < -0.3 is 10.1 Å². The molecule has 0 aliphatic heterocycles. The van der Waals surface area contributed by atoms with Crippen molar-refractivity contribution in [2.45, 2.75) is 39.8 Å². The average molecular weight is 231 g/mol. The van der Waals surface area contributed by atoms with Crippen LogP contribution in [0.1, 0.15) is 33.3 Å². The highest BCUT2D eigenvalue weighted by Crippen LogP contribution is 2.13. The van der Waals surface area contributed by atoms with Crippen LogP contribution in [0, 0.1) is 11.8 Å². The SMILES string of the molecule is CC(C)NCC#Cc1cccc(OC(C)C)c1. The van der Waals surface area contributed by atoms with Gasteiger partial charge in [-0.15, -0.1) is 0 Å². The van der Waals surface area contributed by atoms with Crippen LogP contribution in [0.5, 0.6) is 5.75 Å². The molecular weight excluding hydrogens is 210 g/mol. The molecule has 0 unspecified atom stereocenters. The topological polar surface area (TPSA) is 21.3 Å². The van der Waals surface area contributed by atoms with Gasteiger partial charge in [0.15, 0.2) is 0 Å². The highest BCUT2D eigenvalue weighted by molar-refractivity contribution is 5.40. The quantitative estimate of drug-likeness (QED) is 0.805. The molecule has 0 fully saturated rings. The van der Waals surface area contributed by atoms with E-state index in [1.807, 2.05) is 38.1 Å². The van der Waals surface area contributed by atoms with E-state index in [4.69, 9.17) is 4.74 Å². The Labute approximate surface area is 104 Å². The molecule has 0 bridgehead atoms. The molecule has 1 N–H and O–H groups in total. The molecule has 1 rings (SSSR count). The van der Waals surface area contributed by atoms with Crippen LogP contribution in [0.25, 0.3) is 0 Å². The third kappa shape index (κ3) is 5.99. The molecule has 0 radical (unpaired) electrons. The number of benzene rings is 1. The summed E-state index contributed by atoms with van der Waals surface area (Å²) in [5.74, 6) is 7.10. The Morgan fingerprint density at radius 3 is 2.65 bits per heavy atom. The zero-order valence-electron chi connectivity index (χ0n) is 11.1. The van der Waals surface area contributed by atoms with Crippen LogP contribution in [0.15, 0.2) is 24.3 Å². The van der Waals surface area contributed by atoms with Crippen LogP contribution in [0.3, 0.4) is 0 Å². The maximum Gasteiger partial charge on any atom is 0.120 e. The predicted octanol–water partition coefficient (Wildman–Crippen LogP) is 2.82. The number of nitrogens with one attached hydrogen (secondary N) is 1. The first-order valence-corrected chi connectivity index (χ1v) is 6.07. The third-order valence-corrected chi connectivity index (χ3v) is 2.04. The Morgan fingerprint density at radius 1 is 1.24 bits per heavy atom. The van der Waals surface area contributed by atoms with Crippen molar-refractivity contribution in [2.75, 3.05) is 6.54 Å². The minimum absolute atomic E-state index is 0.195. The fraction of sp³-hybridized carbons (Fsp3) is 0.467. The number of rotatable bonds is 4. The van der Waals surface area contributed by atoms with E-state index in [1.54, 1.807) is 0 Å². The summed E-state index contributed by atoms with van der Waals surface area (Å²) in [6.45, 7) is 8.97. The Balaban J connectivity index is 2.59. The number of hydrogen-bond donors (Lipinski definition) is 1. The fourth-order valence-corrected chi connectivity index (χ4v) is 1.32. The molecule has 17 heavy (non-hydrogen) atoms. The van der Waals surface area contributed by atoms with E-state index < -0.39 is 0 Å². The van der Waals surface area contributed by atoms with Crippen molar-refractivity contribution in [3.05, 3.63) is 29.8 Å². The van der Waals surface area contributed by atoms with Gasteiger partial charge >= 0.3 is 0 Å². The Bertz CT molecular complexity index is 399. The number of hydrogen-bond acceptors (Lipinski definition) is 2. The largest absolute Gasteiger partial charge is 0.491 e. The molecule has 0 saturated heterocycles. The first kappa shape index (κ1) is 13.6. The van der Waals surface area contributed by atoms with Gasteiger partial charge in [-0.25, -0.2) is 0 Å². The van der Waals surface area contributed by atoms with Crippen LogP contribution >= 0.6 is 0 Å². The first-order valence-electron chi connectivity index (χ1n) is 6.07. The molecular formula is C15H21NO. The van der Waals surface area contributed by atoms with Gasteiger partial charge in [0.2, 0.25) is 0 Å². The van der Waals surface area contributed by atoms with E-state index in [0.717, 1.165) is 11.3 Å². The summed E-state index contributed by atoms with van der Waals surface area (Å²) in [6, 6.07) is 8.37. The smallest absolute Gasteiger partial charge is 0.120 e. The molecule has 92 valence electrons. The highest BCUT2D eigenvalue weighted by Gasteiger charge is 1.97. The van der Waals surface area contributed by atoms with Crippen molar-refractivity contribution >= 4 is 0 Å². The van der Waals surface area contributed by atoms with E-state index in [1.165, 1.54) is 0 Å². The van der Waals surface area contributed by atoms with Gasteiger partial charge in [-0.05, 0) is 45.9 Å². The summed E-state index contributed by atoms with van der Waals surface area (Å²) >= 11 is 0. The van der Waals surface area contributed by atoms with Crippen molar-refractivity contribution in [1.82, 2.24) is 5.32 Å². The molecule has 0 amide bonds. The minimum atomic E-state index is 0.195. The summed E-state index contributed by atoms with van der Waals surface area (Å²) in [6.07, 6.45) is 0.195. The van der Waals surface area contributed by atoms with Gasteiger partial charge in [0.1, 0.15) is 5.75 Å². The zero-order valence-corrected chi connectivity index (χ0v) is 11.1. The molecule has 2 nitrogen and oxygen atoms in total. The summed E-state index contributed by atoms with van der Waals surface area (Å²) < 4.78 is 5.62. The summed E-state index contributed by atoms with van der Waals surface area (Å²) in [4.78, 5) is 0. The van der Waals surface area contributed by atoms with Gasteiger partial charge in [0, 0.05) is 11.6 Å². The fourth-order valence-electron chi connectivity index (χ4n) is 1.32. The monoisotopic (exact) mass is 231 g/mol. The second kappa shape index (κ2) is 6.98. The van der Waals surface area contributed by atoms with E-state index in [9.17, 15) is 0 Å². The molecule has 0 aliphatic rings. The molecule has 0 heterocycles. The van der Waals surface area contributed by atoms with Crippen molar-refractivity contribution < 1.29 is 4.74 Å². The van der Waals surface area contributed by atoms with Gasteiger partial charge in [-0.1, -0.05) is 17.9 Å². The standard InChI is InChI=1S/C15H21NO/c1-12(2)16-10-6-8-14-7-5-9-15(11-14)17-13(3)4/h5,7,9,11-13,16H,10H2,1-4H3. The van der Waals surface area contributed by atoms with Gasteiger partial charge in [-0.2, -0.15) is 0 Å². The van der Waals surface area contributed by atoms with Crippen LogP contribution in [0.2, 0.25) is 0 Å². The van der Waals surface area contributed by atoms with Crippen LogP contribution in [-0.4, -0.2) is 18.7 Å². The van der Waals surface area contributed by atoms with Crippen molar-refractivity contribution in [2.24, 2.45) is 0 Å². The lowest BCUT2D eigenvalue weighted by atomic mass is 10.2. The Morgan fingerprint density at radius 2 is 2.00 bits per heavy atom. The Kier molecular flexibility index (Phi) is 5.59. The second-order valence-corrected chi connectivity index (χ2v) is 4.53. The molecule has 2 heteroatoms. The van der Waals surface area contributed by atoms with Crippen LogP contribution in [-0.2, 0) is 0 Å². The molecule has 0 saturated carbocycles. The minimum Gasteiger partial charge on any atom is -0.491 e. The summed E-state index contributed by atoms with van der Waals surface area (Å²) in [5.41, 5.74) is 0.994. The van der Waals surface area contributed by atoms with Crippen LogP contribution in [0.4, 0.5) is 0 Å². The molecule has 0 aromatic heterocycles. The maximum absolute atomic E-state index is 5.62. The lowest BCUT2D eigenvalue weighted by molar-refractivity contribution is 0.242. The summed E-state index contributed by atoms with van der Waals surface area (Å²) in [5, 5.41) is 3.26. The Hall–Kier alpha value is -1.46. The van der Waals surface area contributed by atoms with E-state index in [2.05, 4.69) is 31.0 Å². The van der Waals surface area contributed by atoms with Gasteiger partial charge in [0.25, 0.3) is 0 Å². The number of ether oxygens (including phenoxy) is 1. The molecule has 0 atom stereocenters. The molecule has 1 aromatic carbocycles. The molecule has 1 aromatic rings. The lowest BCUT2D eigenvalue weighted by Gasteiger charge is -2.09. The maximum atomic E-state index is 5.62. The highest BCUT2D eigenvalue weighted by atomic mass is 16.5. The van der Waals surface area contributed by atoms with Crippen LogP contribution < -0.4 is 10.1 Å². The van der Waals surface area contributed by atoms with Crippen molar-refractivity contribution in [1.29, 1.82) is 0 Å². The normalized spacial score (nSPS) is 10.2. The average Bonchev–Trinajstić information content (AvgIpc) is 2.24. The van der Waals surface area contributed by atoms with E-state index in [0.29, 0.717) is 12.6 Å². The van der Waals surface area contributed by atoms with Crippen molar-refractivity contribution in [3.8, 4) is 17.6 Å². The summed E-state index contributed by atoms with van der Waals surface area (Å²) in [7, 11) is 0. The first-order chi connectivity index (χ1) is 8.08.